The minimum Gasteiger partial charge on any atom is -0.493 e. The number of para-hydroxylation sites is 2. The maximum atomic E-state index is 12.9. The van der Waals surface area contributed by atoms with Crippen molar-refractivity contribution in [1.82, 2.24) is 14.5 Å². The van der Waals surface area contributed by atoms with Crippen LogP contribution in [0.3, 0.4) is 0 Å². The van der Waals surface area contributed by atoms with Gasteiger partial charge in [-0.25, -0.2) is 4.98 Å². The first-order valence-corrected chi connectivity index (χ1v) is 11.6. The minimum atomic E-state index is 0.0778. The van der Waals surface area contributed by atoms with Gasteiger partial charge in [0.15, 0.2) is 11.5 Å². The number of hydrogen-bond donors (Lipinski definition) is 0. The van der Waals surface area contributed by atoms with E-state index in [1.165, 1.54) is 5.56 Å². The van der Waals surface area contributed by atoms with E-state index in [1.807, 2.05) is 47.4 Å². The lowest BCUT2D eigenvalue weighted by Crippen LogP contribution is -2.27. The molecule has 6 nitrogen and oxygen atoms in total. The summed E-state index contributed by atoms with van der Waals surface area (Å²) in [6.07, 6.45) is 1.25. The maximum Gasteiger partial charge on any atom is 0.223 e. The van der Waals surface area contributed by atoms with E-state index in [2.05, 4.69) is 34.9 Å². The molecule has 0 unspecified atom stereocenters. The Bertz CT molecular complexity index is 1300. The van der Waals surface area contributed by atoms with Gasteiger partial charge in [-0.15, -0.1) is 0 Å². The summed E-state index contributed by atoms with van der Waals surface area (Å²) in [5, 5.41) is 0. The number of aromatic nitrogens is 2. The van der Waals surface area contributed by atoms with Crippen LogP contribution in [0.15, 0.2) is 72.8 Å². The van der Waals surface area contributed by atoms with Gasteiger partial charge in [-0.1, -0.05) is 48.5 Å². The molecular formula is C28H29N3O3. The number of benzene rings is 3. The average Bonchev–Trinajstić information content (AvgIpc) is 3.43. The molecule has 0 aliphatic carbocycles. The number of amides is 1. The van der Waals surface area contributed by atoms with Crippen LogP contribution in [0.25, 0.3) is 11.0 Å². The number of hydrogen-bond acceptors (Lipinski definition) is 4. The van der Waals surface area contributed by atoms with Crippen LogP contribution >= 0.6 is 0 Å². The third-order valence-electron chi connectivity index (χ3n) is 6.57. The van der Waals surface area contributed by atoms with Crippen molar-refractivity contribution in [2.24, 2.45) is 0 Å². The fourth-order valence-corrected chi connectivity index (χ4v) is 4.80. The Labute approximate surface area is 199 Å². The molecule has 34 heavy (non-hydrogen) atoms. The Morgan fingerprint density at radius 3 is 2.47 bits per heavy atom. The van der Waals surface area contributed by atoms with Gasteiger partial charge in [-0.05, 0) is 41.8 Å². The second-order valence-electron chi connectivity index (χ2n) is 8.71. The molecule has 0 spiro atoms. The minimum absolute atomic E-state index is 0.0778. The Morgan fingerprint density at radius 1 is 0.912 bits per heavy atom. The van der Waals surface area contributed by atoms with E-state index in [1.54, 1.807) is 14.2 Å². The van der Waals surface area contributed by atoms with Crippen molar-refractivity contribution < 1.29 is 14.3 Å². The molecule has 5 rings (SSSR count). The zero-order valence-corrected chi connectivity index (χ0v) is 19.6. The zero-order chi connectivity index (χ0) is 23.5. The Morgan fingerprint density at radius 2 is 1.68 bits per heavy atom. The van der Waals surface area contributed by atoms with Crippen LogP contribution < -0.4 is 9.47 Å². The van der Waals surface area contributed by atoms with Gasteiger partial charge in [0.05, 0.1) is 25.3 Å². The third-order valence-corrected chi connectivity index (χ3v) is 6.57. The van der Waals surface area contributed by atoms with E-state index in [0.717, 1.165) is 35.4 Å². The van der Waals surface area contributed by atoms with Gasteiger partial charge in [0.25, 0.3) is 0 Å². The summed E-state index contributed by atoms with van der Waals surface area (Å²) in [7, 11) is 3.27. The lowest BCUT2D eigenvalue weighted by atomic mass is 10.1. The average molecular weight is 456 g/mol. The first-order valence-electron chi connectivity index (χ1n) is 11.6. The van der Waals surface area contributed by atoms with Crippen LogP contribution in [0.2, 0.25) is 0 Å². The summed E-state index contributed by atoms with van der Waals surface area (Å²) >= 11 is 0. The van der Waals surface area contributed by atoms with Crippen LogP contribution in [-0.2, 0) is 17.8 Å². The topological polar surface area (TPSA) is 56.6 Å². The van der Waals surface area contributed by atoms with E-state index >= 15 is 0 Å². The largest absolute Gasteiger partial charge is 0.493 e. The third kappa shape index (κ3) is 4.36. The number of methoxy groups -OCH3 is 2. The van der Waals surface area contributed by atoms with E-state index in [-0.39, 0.29) is 11.8 Å². The molecule has 0 bridgehead atoms. The predicted octanol–water partition coefficient (Wildman–Crippen LogP) is 4.66. The molecular weight excluding hydrogens is 426 g/mol. The highest BCUT2D eigenvalue weighted by molar-refractivity contribution is 5.81. The van der Waals surface area contributed by atoms with Crippen molar-refractivity contribution in [3.8, 4) is 11.5 Å². The van der Waals surface area contributed by atoms with Crippen molar-refractivity contribution in [3.63, 3.8) is 0 Å². The van der Waals surface area contributed by atoms with Crippen molar-refractivity contribution in [1.29, 1.82) is 0 Å². The zero-order valence-electron chi connectivity index (χ0n) is 19.6. The van der Waals surface area contributed by atoms with Gasteiger partial charge >= 0.3 is 0 Å². The van der Waals surface area contributed by atoms with E-state index in [9.17, 15) is 4.79 Å². The molecule has 1 amide bonds. The molecule has 1 aliphatic rings. The first kappa shape index (κ1) is 22.0. The van der Waals surface area contributed by atoms with Crippen LogP contribution in [0, 0.1) is 0 Å². The highest BCUT2D eigenvalue weighted by Crippen LogP contribution is 2.32. The van der Waals surface area contributed by atoms with Crippen molar-refractivity contribution in [2.75, 3.05) is 27.3 Å². The summed E-state index contributed by atoms with van der Waals surface area (Å²) in [4.78, 5) is 19.9. The lowest BCUT2D eigenvalue weighted by molar-refractivity contribution is -0.127. The predicted molar refractivity (Wildman–Crippen MR) is 132 cm³/mol. The van der Waals surface area contributed by atoms with Crippen LogP contribution in [-0.4, -0.2) is 47.7 Å². The van der Waals surface area contributed by atoms with Gasteiger partial charge in [0.2, 0.25) is 5.91 Å². The molecule has 1 aliphatic heterocycles. The van der Waals surface area contributed by atoms with Crippen molar-refractivity contribution in [2.45, 2.75) is 25.3 Å². The highest BCUT2D eigenvalue weighted by atomic mass is 16.5. The molecule has 4 aromatic rings. The molecule has 174 valence electrons. The molecule has 1 aromatic heterocycles. The number of likely N-dealkylation sites (tertiary alicyclic amines) is 1. The number of carbonyl (C=O) groups excluding carboxylic acids is 1. The fraction of sp³-hybridized carbons (Fsp3) is 0.286. The number of carbonyl (C=O) groups is 1. The Hall–Kier alpha value is -3.80. The molecule has 2 heterocycles. The van der Waals surface area contributed by atoms with Gasteiger partial charge in [-0.3, -0.25) is 4.79 Å². The molecule has 1 atom stereocenters. The first-order chi connectivity index (χ1) is 16.7. The smallest absolute Gasteiger partial charge is 0.223 e. The second kappa shape index (κ2) is 9.59. The SMILES string of the molecule is COc1ccc(CCN2C[C@H](c3nc4ccccc4n3Cc3ccccc3)CC2=O)cc1OC. The molecule has 1 saturated heterocycles. The van der Waals surface area contributed by atoms with Gasteiger partial charge < -0.3 is 18.9 Å². The fourth-order valence-electron chi connectivity index (χ4n) is 4.80. The van der Waals surface area contributed by atoms with Crippen LogP contribution in [0.4, 0.5) is 0 Å². The molecule has 0 N–H and O–H groups in total. The number of imidazole rings is 1. The summed E-state index contributed by atoms with van der Waals surface area (Å²) in [5.74, 6) is 2.67. The normalized spacial score (nSPS) is 15.8. The molecule has 0 saturated carbocycles. The maximum absolute atomic E-state index is 12.9. The summed E-state index contributed by atoms with van der Waals surface area (Å²) in [6.45, 7) is 2.10. The van der Waals surface area contributed by atoms with Crippen molar-refractivity contribution in [3.05, 3.63) is 89.7 Å². The standard InChI is InChI=1S/C28H29N3O3/c1-33-25-13-12-20(16-26(25)34-2)14-15-30-19-22(17-27(30)32)28-29-23-10-6-7-11-24(23)31(28)18-21-8-4-3-5-9-21/h3-13,16,22H,14-15,17-19H2,1-2H3/t22-/m1/s1. The quantitative estimate of drug-likeness (QED) is 0.388. The van der Waals surface area contributed by atoms with Gasteiger partial charge in [0.1, 0.15) is 5.82 Å². The number of rotatable bonds is 8. The Balaban J connectivity index is 1.35. The summed E-state index contributed by atoms with van der Waals surface area (Å²) in [5.41, 5.74) is 4.42. The van der Waals surface area contributed by atoms with Gasteiger partial charge in [0, 0.05) is 32.0 Å². The number of nitrogens with zero attached hydrogens (tertiary/aromatic N) is 3. The number of ether oxygens (including phenoxy) is 2. The van der Waals surface area contributed by atoms with Gasteiger partial charge in [-0.2, -0.15) is 0 Å². The number of fused-ring (bicyclic) bond motifs is 1. The van der Waals surface area contributed by atoms with E-state index in [0.29, 0.717) is 31.0 Å². The molecule has 1 fully saturated rings. The monoisotopic (exact) mass is 455 g/mol. The Kier molecular flexibility index (Phi) is 6.21. The van der Waals surface area contributed by atoms with E-state index in [4.69, 9.17) is 14.5 Å². The summed E-state index contributed by atoms with van der Waals surface area (Å²) < 4.78 is 13.0. The van der Waals surface area contributed by atoms with Crippen LogP contribution in [0.1, 0.15) is 29.3 Å². The highest BCUT2D eigenvalue weighted by Gasteiger charge is 2.33. The van der Waals surface area contributed by atoms with Crippen molar-refractivity contribution >= 4 is 16.9 Å². The molecule has 3 aromatic carbocycles. The lowest BCUT2D eigenvalue weighted by Gasteiger charge is -2.18. The molecule has 0 radical (unpaired) electrons. The van der Waals surface area contributed by atoms with E-state index < -0.39 is 0 Å². The summed E-state index contributed by atoms with van der Waals surface area (Å²) in [6, 6.07) is 24.6. The van der Waals surface area contributed by atoms with Crippen LogP contribution in [0.5, 0.6) is 11.5 Å². The second-order valence-corrected chi connectivity index (χ2v) is 8.71. The molecule has 6 heteroatoms.